The number of Topliss-reactive ketones (excluding diaryl/α,β-unsaturated/α-hetero) is 1. The third-order valence-electron chi connectivity index (χ3n) is 3.04. The van der Waals surface area contributed by atoms with Gasteiger partial charge < -0.3 is 5.32 Å². The van der Waals surface area contributed by atoms with Crippen LogP contribution in [0.3, 0.4) is 0 Å². The smallest absolute Gasteiger partial charge is 0.176 e. The van der Waals surface area contributed by atoms with Gasteiger partial charge in [0, 0.05) is 11.1 Å². The highest BCUT2D eigenvalue weighted by molar-refractivity contribution is 5.97. The molecule has 1 aliphatic carbocycles. The molecule has 0 aromatic heterocycles. The van der Waals surface area contributed by atoms with Crippen LogP contribution in [0.1, 0.15) is 43.5 Å². The summed E-state index contributed by atoms with van der Waals surface area (Å²) in [5.41, 5.74) is 0.197. The monoisotopic (exact) mass is 262 g/mol. The number of hydrogen-bond donors (Lipinski definition) is 1. The second kappa shape index (κ2) is 7.01. The fourth-order valence-corrected chi connectivity index (χ4v) is 1.75. The van der Waals surface area contributed by atoms with Crippen LogP contribution in [0.2, 0.25) is 0 Å². The lowest BCUT2D eigenvalue weighted by molar-refractivity contribution is 0.0985. The summed E-state index contributed by atoms with van der Waals surface area (Å²) in [6.07, 6.45) is 2.28. The summed E-state index contributed by atoms with van der Waals surface area (Å²) in [4.78, 5) is 11.8. The van der Waals surface area contributed by atoms with Crippen LogP contribution in [0.25, 0.3) is 0 Å². The summed E-state index contributed by atoms with van der Waals surface area (Å²) >= 11 is 0. The molecule has 1 aliphatic rings. The van der Waals surface area contributed by atoms with Gasteiger partial charge in [-0.3, -0.25) is 4.79 Å². The van der Waals surface area contributed by atoms with Crippen molar-refractivity contribution in [3.05, 3.63) is 35.6 Å². The van der Waals surface area contributed by atoms with Crippen molar-refractivity contribution in [2.45, 2.75) is 38.6 Å². The molecule has 2 rings (SSSR count). The molecular weight excluding hydrogens is 243 g/mol. The van der Waals surface area contributed by atoms with Crippen molar-refractivity contribution in [2.75, 3.05) is 6.54 Å². The van der Waals surface area contributed by atoms with Gasteiger partial charge in [-0.15, -0.1) is 0 Å². The van der Waals surface area contributed by atoms with Crippen LogP contribution in [0.5, 0.6) is 0 Å². The summed E-state index contributed by atoms with van der Waals surface area (Å²) in [5, 5.41) is 11.7. The fourth-order valence-electron chi connectivity index (χ4n) is 1.75. The lowest BCUT2D eigenvalue weighted by atomic mass is 10.1. The predicted octanol–water partition coefficient (Wildman–Crippen LogP) is 3.07. The van der Waals surface area contributed by atoms with Crippen molar-refractivity contribution in [3.8, 4) is 6.07 Å². The van der Waals surface area contributed by atoms with Gasteiger partial charge in [0.15, 0.2) is 5.78 Å². The minimum Gasteiger partial charge on any atom is -0.303 e. The maximum Gasteiger partial charge on any atom is 0.176 e. The Bertz CT molecular complexity index is 475. The zero-order chi connectivity index (χ0) is 14.3. The van der Waals surface area contributed by atoms with Gasteiger partial charge in [0.25, 0.3) is 0 Å². The number of hydrogen-bond acceptors (Lipinski definition) is 3. The maximum atomic E-state index is 12.9. The van der Waals surface area contributed by atoms with Crippen LogP contribution in [0.4, 0.5) is 4.39 Å². The zero-order valence-corrected chi connectivity index (χ0v) is 11.4. The number of carbonyl (C=O) groups excluding carboxylic acids is 1. The van der Waals surface area contributed by atoms with Gasteiger partial charge in [-0.2, -0.15) is 5.26 Å². The minimum atomic E-state index is -0.408. The highest BCUT2D eigenvalue weighted by atomic mass is 19.1. The number of nitriles is 1. The van der Waals surface area contributed by atoms with E-state index in [4.69, 9.17) is 5.26 Å². The van der Waals surface area contributed by atoms with E-state index in [1.54, 1.807) is 6.07 Å². The van der Waals surface area contributed by atoms with Crippen LogP contribution in [0.15, 0.2) is 24.3 Å². The van der Waals surface area contributed by atoms with E-state index in [0.717, 1.165) is 12.8 Å². The topological polar surface area (TPSA) is 52.9 Å². The molecule has 0 aliphatic heterocycles. The van der Waals surface area contributed by atoms with Crippen LogP contribution < -0.4 is 5.32 Å². The lowest BCUT2D eigenvalue weighted by Gasteiger charge is -2.12. The Labute approximate surface area is 113 Å². The van der Waals surface area contributed by atoms with Crippen molar-refractivity contribution < 1.29 is 9.18 Å². The summed E-state index contributed by atoms with van der Waals surface area (Å²) in [5.74, 6) is -0.553. The molecule has 0 radical (unpaired) electrons. The number of carbonyl (C=O) groups is 1. The molecule has 0 heterocycles. The summed E-state index contributed by atoms with van der Waals surface area (Å²) in [7, 11) is 0. The average molecular weight is 262 g/mol. The lowest BCUT2D eigenvalue weighted by Crippen LogP contribution is -2.35. The molecule has 0 spiro atoms. The van der Waals surface area contributed by atoms with E-state index < -0.39 is 5.82 Å². The van der Waals surface area contributed by atoms with Gasteiger partial charge in [0.05, 0.1) is 19.0 Å². The zero-order valence-electron chi connectivity index (χ0n) is 11.4. The first-order valence-corrected chi connectivity index (χ1v) is 6.56. The van der Waals surface area contributed by atoms with E-state index >= 15 is 0 Å². The van der Waals surface area contributed by atoms with Crippen LogP contribution in [-0.4, -0.2) is 17.9 Å². The molecule has 4 heteroatoms. The molecule has 19 heavy (non-hydrogen) atoms. The Balaban J connectivity index is 0.000000861. The van der Waals surface area contributed by atoms with Gasteiger partial charge in [-0.1, -0.05) is 26.0 Å². The molecule has 1 fully saturated rings. The fraction of sp³-hybridized carbons (Fsp3) is 0.467. The Morgan fingerprint density at radius 2 is 2.16 bits per heavy atom. The molecule has 3 nitrogen and oxygen atoms in total. The summed E-state index contributed by atoms with van der Waals surface area (Å²) in [6, 6.07) is 7.76. The van der Waals surface area contributed by atoms with Crippen molar-refractivity contribution in [1.82, 2.24) is 5.32 Å². The normalized spacial score (nSPS) is 14.8. The maximum absolute atomic E-state index is 12.9. The van der Waals surface area contributed by atoms with Gasteiger partial charge in [-0.25, -0.2) is 4.39 Å². The average Bonchev–Trinajstić information content (AvgIpc) is 3.19. The number of rotatable bonds is 5. The second-order valence-electron chi connectivity index (χ2n) is 4.40. The summed E-state index contributed by atoms with van der Waals surface area (Å²) in [6.45, 7) is 4.16. The molecule has 1 aromatic carbocycles. The predicted molar refractivity (Wildman–Crippen MR) is 72.3 cm³/mol. The van der Waals surface area contributed by atoms with Crippen molar-refractivity contribution in [2.24, 2.45) is 0 Å². The number of benzene rings is 1. The van der Waals surface area contributed by atoms with Gasteiger partial charge in [0.1, 0.15) is 5.82 Å². The number of ketones is 1. The Kier molecular flexibility index (Phi) is 5.65. The third-order valence-corrected chi connectivity index (χ3v) is 3.04. The van der Waals surface area contributed by atoms with Crippen molar-refractivity contribution in [1.29, 1.82) is 5.26 Å². The largest absolute Gasteiger partial charge is 0.303 e. The Morgan fingerprint density at radius 1 is 1.47 bits per heavy atom. The van der Waals surface area contributed by atoms with Crippen LogP contribution >= 0.6 is 0 Å². The highest BCUT2D eigenvalue weighted by Gasteiger charge is 2.42. The van der Waals surface area contributed by atoms with Gasteiger partial charge in [-0.05, 0) is 25.0 Å². The van der Waals surface area contributed by atoms with E-state index in [2.05, 4.69) is 11.4 Å². The van der Waals surface area contributed by atoms with E-state index in [9.17, 15) is 9.18 Å². The molecule has 0 unspecified atom stereocenters. The molecule has 0 atom stereocenters. The van der Waals surface area contributed by atoms with Crippen molar-refractivity contribution >= 4 is 5.78 Å². The first-order chi connectivity index (χ1) is 9.15. The van der Waals surface area contributed by atoms with E-state index in [1.807, 2.05) is 13.8 Å². The molecule has 1 N–H and O–H groups in total. The molecule has 0 bridgehead atoms. The highest BCUT2D eigenvalue weighted by Crippen LogP contribution is 2.38. The second-order valence-corrected chi connectivity index (χ2v) is 4.40. The molecule has 0 saturated heterocycles. The van der Waals surface area contributed by atoms with E-state index in [0.29, 0.717) is 12.0 Å². The first-order valence-electron chi connectivity index (χ1n) is 6.56. The minimum absolute atomic E-state index is 0.145. The standard InChI is InChI=1S/C13H13FN2O.C2H6/c14-11-3-1-2-10(8-11)12(17)9-16-13(4-5-13)6-7-15;1-2/h1-3,8,16H,4-6,9H2;1-2H3. The molecule has 1 aromatic rings. The Hall–Kier alpha value is -1.73. The Morgan fingerprint density at radius 3 is 2.68 bits per heavy atom. The number of halogens is 1. The van der Waals surface area contributed by atoms with Crippen molar-refractivity contribution in [3.63, 3.8) is 0 Å². The third kappa shape index (κ3) is 4.46. The SMILES string of the molecule is CC.N#CCC1(NCC(=O)c2cccc(F)c2)CC1. The number of nitrogens with zero attached hydrogens (tertiary/aromatic N) is 1. The summed E-state index contributed by atoms with van der Waals surface area (Å²) < 4.78 is 12.9. The first kappa shape index (κ1) is 15.3. The van der Waals surface area contributed by atoms with Crippen LogP contribution in [-0.2, 0) is 0 Å². The molecular formula is C15H19FN2O. The molecule has 1 saturated carbocycles. The van der Waals surface area contributed by atoms with Gasteiger partial charge >= 0.3 is 0 Å². The van der Waals surface area contributed by atoms with E-state index in [-0.39, 0.29) is 17.9 Å². The van der Waals surface area contributed by atoms with E-state index in [1.165, 1.54) is 18.2 Å². The number of nitrogens with one attached hydrogen (secondary N) is 1. The molecule has 0 amide bonds. The molecule has 102 valence electrons. The quantitative estimate of drug-likeness (QED) is 0.830. The van der Waals surface area contributed by atoms with Gasteiger partial charge in [0.2, 0.25) is 0 Å². The van der Waals surface area contributed by atoms with Crippen LogP contribution in [0, 0.1) is 17.1 Å².